The van der Waals surface area contributed by atoms with Gasteiger partial charge in [0.25, 0.3) is 0 Å². The molecule has 0 radical (unpaired) electrons. The lowest BCUT2D eigenvalue weighted by Gasteiger charge is -2.13. The maximum atomic E-state index is 12.1. The molecule has 9 nitrogen and oxygen atoms in total. The maximum absolute atomic E-state index is 12.1. The van der Waals surface area contributed by atoms with Gasteiger partial charge in [0.15, 0.2) is 3.79 Å². The first kappa shape index (κ1) is 28.2. The zero-order valence-electron chi connectivity index (χ0n) is 18.2. The molecule has 0 saturated heterocycles. The van der Waals surface area contributed by atoms with Gasteiger partial charge in [-0.2, -0.15) is 5.10 Å². The van der Waals surface area contributed by atoms with Gasteiger partial charge in [-0.1, -0.05) is 23.2 Å². The fourth-order valence-electron chi connectivity index (χ4n) is 2.68. The van der Waals surface area contributed by atoms with Crippen molar-refractivity contribution in [3.8, 4) is 0 Å². The molecule has 0 bridgehead atoms. The third-order valence-electron chi connectivity index (χ3n) is 4.32. The van der Waals surface area contributed by atoms with Crippen molar-refractivity contribution in [1.82, 2.24) is 5.32 Å². The second-order valence-corrected chi connectivity index (χ2v) is 8.89. The molecule has 2 rings (SSSR count). The number of amides is 1. The van der Waals surface area contributed by atoms with Gasteiger partial charge in [0, 0.05) is 19.4 Å². The maximum Gasteiger partial charge on any atom is 0.227 e. The lowest BCUT2D eigenvalue weighted by Crippen LogP contribution is -2.30. The Morgan fingerprint density at radius 1 is 0.909 bits per heavy atom. The van der Waals surface area contributed by atoms with Crippen molar-refractivity contribution in [1.29, 1.82) is 0 Å². The lowest BCUT2D eigenvalue weighted by atomic mass is 10.3. The standard InChI is InChI=1S/C21H28Cl2IN3O6/c22-17-2-1-16(15-18(17)23)27-6-3-20(26-27)25-21(29)5-8-31-10-12-33-14-13-32-11-9-30-7-4-19(24)28/h1-2,15H,3-14H2,(H,25,26,29). The Bertz CT molecular complexity index is 799. The Labute approximate surface area is 217 Å². The quantitative estimate of drug-likeness (QED) is 0.173. The smallest absolute Gasteiger partial charge is 0.227 e. The Morgan fingerprint density at radius 3 is 2.06 bits per heavy atom. The van der Waals surface area contributed by atoms with Crippen LogP contribution in [0.5, 0.6) is 0 Å². The summed E-state index contributed by atoms with van der Waals surface area (Å²) >= 11 is 13.7. The molecule has 1 N–H and O–H groups in total. The molecular weight excluding hydrogens is 588 g/mol. The van der Waals surface area contributed by atoms with E-state index in [9.17, 15) is 9.59 Å². The molecule has 0 aromatic heterocycles. The molecule has 1 aromatic carbocycles. The third kappa shape index (κ3) is 12.3. The third-order valence-corrected chi connectivity index (χ3v) is 5.60. The molecule has 1 aliphatic rings. The van der Waals surface area contributed by atoms with Crippen molar-refractivity contribution >= 4 is 67.0 Å². The van der Waals surface area contributed by atoms with E-state index in [2.05, 4.69) is 10.4 Å². The van der Waals surface area contributed by atoms with Crippen LogP contribution in [0.15, 0.2) is 23.3 Å². The molecule has 1 heterocycles. The summed E-state index contributed by atoms with van der Waals surface area (Å²) < 4.78 is 21.5. The average molecular weight is 616 g/mol. The van der Waals surface area contributed by atoms with E-state index in [-0.39, 0.29) is 16.1 Å². The van der Waals surface area contributed by atoms with E-state index < -0.39 is 0 Å². The molecule has 0 unspecified atom stereocenters. The van der Waals surface area contributed by atoms with E-state index in [1.54, 1.807) is 39.7 Å². The number of nitrogens with zero attached hydrogens (tertiary/aromatic N) is 2. The molecule has 0 atom stereocenters. The molecule has 33 heavy (non-hydrogen) atoms. The molecule has 0 spiro atoms. The SMILES string of the molecule is O=C(I)CCOCCOCCOCCOCCC(=O)NC1=NN(c2ccc(Cl)c(Cl)c2)CC1. The number of hydrogen-bond acceptors (Lipinski definition) is 8. The van der Waals surface area contributed by atoms with E-state index in [1.807, 2.05) is 6.07 Å². The van der Waals surface area contributed by atoms with Gasteiger partial charge in [-0.05, 0) is 40.8 Å². The summed E-state index contributed by atoms with van der Waals surface area (Å²) in [6.07, 6.45) is 1.28. The van der Waals surface area contributed by atoms with Gasteiger partial charge in [0.05, 0.1) is 75.0 Å². The monoisotopic (exact) mass is 615 g/mol. The van der Waals surface area contributed by atoms with E-state index in [0.29, 0.717) is 88.1 Å². The largest absolute Gasteiger partial charge is 0.379 e. The first-order valence-electron chi connectivity index (χ1n) is 10.5. The van der Waals surface area contributed by atoms with Gasteiger partial charge >= 0.3 is 0 Å². The summed E-state index contributed by atoms with van der Waals surface area (Å²) in [7, 11) is 0. The molecule has 0 saturated carbocycles. The van der Waals surface area contributed by atoms with E-state index in [1.165, 1.54) is 0 Å². The second-order valence-electron chi connectivity index (χ2n) is 6.87. The molecule has 0 aliphatic carbocycles. The molecular formula is C21H28Cl2IN3O6. The summed E-state index contributed by atoms with van der Waals surface area (Å²) in [4.78, 5) is 22.8. The minimum absolute atomic E-state index is 0.0839. The van der Waals surface area contributed by atoms with Crippen LogP contribution in [0.1, 0.15) is 19.3 Å². The minimum atomic E-state index is -0.149. The van der Waals surface area contributed by atoms with Crippen LogP contribution < -0.4 is 10.3 Å². The topological polar surface area (TPSA) is 98.7 Å². The van der Waals surface area contributed by atoms with E-state index in [0.717, 1.165) is 5.69 Å². The molecule has 12 heteroatoms. The van der Waals surface area contributed by atoms with E-state index >= 15 is 0 Å². The van der Waals surface area contributed by atoms with Crippen LogP contribution >= 0.6 is 45.8 Å². The number of hydrogen-bond donors (Lipinski definition) is 1. The fraction of sp³-hybridized carbons (Fsp3) is 0.571. The number of benzene rings is 1. The highest BCUT2D eigenvalue weighted by molar-refractivity contribution is 14.1. The highest BCUT2D eigenvalue weighted by Crippen LogP contribution is 2.28. The Morgan fingerprint density at radius 2 is 1.48 bits per heavy atom. The van der Waals surface area contributed by atoms with E-state index in [4.69, 9.17) is 42.1 Å². The summed E-state index contributed by atoms with van der Waals surface area (Å²) in [5, 5.41) is 9.94. The average Bonchev–Trinajstić information content (AvgIpc) is 3.24. The number of amidine groups is 1. The molecule has 0 fully saturated rings. The van der Waals surface area contributed by atoms with Crippen molar-refractivity contribution in [3.63, 3.8) is 0 Å². The van der Waals surface area contributed by atoms with Crippen molar-refractivity contribution in [3.05, 3.63) is 28.2 Å². The van der Waals surface area contributed by atoms with Gasteiger partial charge < -0.3 is 24.3 Å². The number of carbonyl (C=O) groups is 2. The van der Waals surface area contributed by atoms with Crippen LogP contribution in [0.4, 0.5) is 5.69 Å². The highest BCUT2D eigenvalue weighted by Gasteiger charge is 2.18. The van der Waals surface area contributed by atoms with Gasteiger partial charge in [-0.15, -0.1) is 0 Å². The zero-order chi connectivity index (χ0) is 23.9. The van der Waals surface area contributed by atoms with Gasteiger partial charge in [-0.3, -0.25) is 14.6 Å². The van der Waals surface area contributed by atoms with Crippen molar-refractivity contribution in [2.24, 2.45) is 5.10 Å². The zero-order valence-corrected chi connectivity index (χ0v) is 21.9. The predicted octanol–water partition coefficient (Wildman–Crippen LogP) is 3.44. The highest BCUT2D eigenvalue weighted by atomic mass is 127. The molecule has 1 aliphatic heterocycles. The fourth-order valence-corrected chi connectivity index (χ4v) is 3.19. The van der Waals surface area contributed by atoms with Crippen LogP contribution in [0.25, 0.3) is 0 Å². The molecule has 1 amide bonds. The normalized spacial score (nSPS) is 13.3. The number of ether oxygens (including phenoxy) is 4. The first-order valence-corrected chi connectivity index (χ1v) is 12.4. The lowest BCUT2D eigenvalue weighted by molar-refractivity contribution is -0.121. The van der Waals surface area contributed by atoms with Crippen LogP contribution in [0, 0.1) is 0 Å². The molecule has 1 aromatic rings. The Hall–Kier alpha value is -1.02. The summed E-state index contributed by atoms with van der Waals surface area (Å²) in [5.41, 5.74) is 0.820. The Kier molecular flexibility index (Phi) is 14.2. The summed E-state index contributed by atoms with van der Waals surface area (Å²) in [5.74, 6) is 0.461. The van der Waals surface area contributed by atoms with Crippen LogP contribution in [0.3, 0.4) is 0 Å². The number of halogens is 3. The summed E-state index contributed by atoms with van der Waals surface area (Å²) in [6, 6.07) is 5.29. The number of nitrogens with one attached hydrogen (secondary N) is 1. The van der Waals surface area contributed by atoms with Gasteiger partial charge in [0.2, 0.25) is 5.91 Å². The second kappa shape index (κ2) is 16.6. The summed E-state index contributed by atoms with van der Waals surface area (Å²) in [6.45, 7) is 4.00. The van der Waals surface area contributed by atoms with Gasteiger partial charge in [0.1, 0.15) is 5.84 Å². The van der Waals surface area contributed by atoms with Crippen molar-refractivity contribution in [2.45, 2.75) is 19.3 Å². The minimum Gasteiger partial charge on any atom is -0.379 e. The number of anilines is 1. The van der Waals surface area contributed by atoms with Crippen molar-refractivity contribution in [2.75, 3.05) is 64.4 Å². The first-order chi connectivity index (χ1) is 16.0. The number of rotatable bonds is 16. The predicted molar refractivity (Wildman–Crippen MR) is 136 cm³/mol. The van der Waals surface area contributed by atoms with Crippen molar-refractivity contribution < 1.29 is 28.5 Å². The molecule has 184 valence electrons. The number of carbonyl (C=O) groups excluding carboxylic acids is 2. The van der Waals surface area contributed by atoms with Crippen LogP contribution in [-0.2, 0) is 28.5 Å². The van der Waals surface area contributed by atoms with Crippen LogP contribution in [-0.4, -0.2) is 74.9 Å². The van der Waals surface area contributed by atoms with Gasteiger partial charge in [-0.25, -0.2) is 0 Å². The Balaban J connectivity index is 1.44. The van der Waals surface area contributed by atoms with Crippen LogP contribution in [0.2, 0.25) is 10.0 Å². The number of hydrazone groups is 1.